The van der Waals surface area contributed by atoms with Crippen LogP contribution >= 0.6 is 0 Å². The smallest absolute Gasteiger partial charge is 0.342 e. The predicted molar refractivity (Wildman–Crippen MR) is 171 cm³/mol. The molecule has 2 rings (SSSR count). The SMILES string of the molecule is C\C=C(/C=N/C(C)=C(/C=C(/C)CC)c1cc(C)c(C(=O)OC2CCC2)c(OC)c1)C(=CC(C)CC)/C=C(/C)CC. The normalized spacial score (nSPS) is 17.1. The van der Waals surface area contributed by atoms with Crippen molar-refractivity contribution in [3.63, 3.8) is 0 Å². The van der Waals surface area contributed by atoms with E-state index < -0.39 is 0 Å². The summed E-state index contributed by atoms with van der Waals surface area (Å²) >= 11 is 0. The van der Waals surface area contributed by atoms with Crippen molar-refractivity contribution in [2.75, 3.05) is 7.11 Å². The van der Waals surface area contributed by atoms with Gasteiger partial charge >= 0.3 is 5.97 Å². The van der Waals surface area contributed by atoms with E-state index >= 15 is 0 Å². The van der Waals surface area contributed by atoms with Gasteiger partial charge in [0.25, 0.3) is 0 Å². The summed E-state index contributed by atoms with van der Waals surface area (Å²) in [7, 11) is 1.61. The molecule has 1 aromatic carbocycles. The lowest BCUT2D eigenvalue weighted by atomic mass is 9.94. The van der Waals surface area contributed by atoms with Crippen molar-refractivity contribution in [1.82, 2.24) is 0 Å². The molecule has 1 fully saturated rings. The number of hydrogen-bond donors (Lipinski definition) is 0. The molecular weight excluding hydrogens is 494 g/mol. The zero-order valence-corrected chi connectivity index (χ0v) is 26.6. The Morgan fingerprint density at radius 3 is 2.23 bits per heavy atom. The van der Waals surface area contributed by atoms with Crippen LogP contribution in [0.2, 0.25) is 0 Å². The van der Waals surface area contributed by atoms with Crippen molar-refractivity contribution in [3.05, 3.63) is 81.1 Å². The largest absolute Gasteiger partial charge is 0.496 e. The molecule has 1 aliphatic rings. The van der Waals surface area contributed by atoms with Gasteiger partial charge in [0.2, 0.25) is 0 Å². The molecule has 218 valence electrons. The highest BCUT2D eigenvalue weighted by Gasteiger charge is 2.26. The third-order valence-corrected chi connectivity index (χ3v) is 7.81. The number of rotatable bonds is 13. The van der Waals surface area contributed by atoms with Crippen molar-refractivity contribution < 1.29 is 14.3 Å². The lowest BCUT2D eigenvalue weighted by molar-refractivity contribution is 0.00863. The number of methoxy groups -OCH3 is 1. The molecule has 0 saturated heterocycles. The number of benzene rings is 1. The van der Waals surface area contributed by atoms with Crippen LogP contribution in [0.3, 0.4) is 0 Å². The molecule has 1 aliphatic carbocycles. The van der Waals surface area contributed by atoms with E-state index in [1.54, 1.807) is 7.11 Å². The van der Waals surface area contributed by atoms with E-state index in [-0.39, 0.29) is 12.1 Å². The summed E-state index contributed by atoms with van der Waals surface area (Å²) in [6.07, 6.45) is 17.0. The van der Waals surface area contributed by atoms with E-state index in [0.29, 0.717) is 17.2 Å². The first-order valence-electron chi connectivity index (χ1n) is 15.0. The topological polar surface area (TPSA) is 47.9 Å². The molecule has 4 heteroatoms. The molecule has 0 spiro atoms. The van der Waals surface area contributed by atoms with Crippen molar-refractivity contribution in [1.29, 1.82) is 0 Å². The Labute approximate surface area is 243 Å². The summed E-state index contributed by atoms with van der Waals surface area (Å²) in [4.78, 5) is 18.0. The van der Waals surface area contributed by atoms with Gasteiger partial charge in [0.1, 0.15) is 17.4 Å². The van der Waals surface area contributed by atoms with E-state index in [4.69, 9.17) is 14.5 Å². The van der Waals surface area contributed by atoms with Gasteiger partial charge in [-0.15, -0.1) is 0 Å². The number of nitrogens with zero attached hydrogens (tertiary/aromatic N) is 1. The Morgan fingerprint density at radius 1 is 1.05 bits per heavy atom. The molecule has 0 amide bonds. The number of allylic oxidation sites excluding steroid dienone is 10. The summed E-state index contributed by atoms with van der Waals surface area (Å²) in [5.41, 5.74) is 9.13. The Bertz CT molecular complexity index is 1220. The van der Waals surface area contributed by atoms with Crippen LogP contribution in [0, 0.1) is 12.8 Å². The van der Waals surface area contributed by atoms with Gasteiger partial charge in [-0.05, 0) is 101 Å². The maximum Gasteiger partial charge on any atom is 0.342 e. The van der Waals surface area contributed by atoms with Gasteiger partial charge in [-0.1, -0.05) is 75.6 Å². The van der Waals surface area contributed by atoms with Crippen LogP contribution in [0.25, 0.3) is 5.57 Å². The summed E-state index contributed by atoms with van der Waals surface area (Å²) < 4.78 is 11.4. The second kappa shape index (κ2) is 16.2. The van der Waals surface area contributed by atoms with Gasteiger partial charge in [-0.25, -0.2) is 4.79 Å². The predicted octanol–water partition coefficient (Wildman–Crippen LogP) is 10.1. The molecule has 0 aromatic heterocycles. The molecule has 0 aliphatic heterocycles. The van der Waals surface area contributed by atoms with E-state index in [2.05, 4.69) is 72.8 Å². The minimum Gasteiger partial charge on any atom is -0.496 e. The van der Waals surface area contributed by atoms with Crippen LogP contribution in [-0.4, -0.2) is 25.4 Å². The molecule has 0 radical (unpaired) electrons. The molecule has 0 heterocycles. The zero-order chi connectivity index (χ0) is 29.8. The summed E-state index contributed by atoms with van der Waals surface area (Å²) in [5.74, 6) is 0.704. The maximum absolute atomic E-state index is 13.0. The number of carbonyl (C=O) groups excluding carboxylic acids is 1. The minimum absolute atomic E-state index is 0.0227. The molecule has 0 bridgehead atoms. The second-order valence-electron chi connectivity index (χ2n) is 11.0. The van der Waals surface area contributed by atoms with Crippen molar-refractivity contribution >= 4 is 17.8 Å². The first kappa shape index (κ1) is 33.1. The van der Waals surface area contributed by atoms with E-state index in [0.717, 1.165) is 66.5 Å². The van der Waals surface area contributed by atoms with Crippen molar-refractivity contribution in [3.8, 4) is 5.75 Å². The average molecular weight is 546 g/mol. The number of hydrogen-bond acceptors (Lipinski definition) is 4. The average Bonchev–Trinajstić information content (AvgIpc) is 2.92. The first-order chi connectivity index (χ1) is 19.1. The molecular formula is C36H51NO3. The van der Waals surface area contributed by atoms with Crippen LogP contribution < -0.4 is 4.74 Å². The molecule has 0 N–H and O–H groups in total. The molecule has 1 atom stereocenters. The van der Waals surface area contributed by atoms with Crippen LogP contribution in [-0.2, 0) is 4.74 Å². The molecule has 1 aromatic rings. The molecule has 4 nitrogen and oxygen atoms in total. The quantitative estimate of drug-likeness (QED) is 0.141. The highest BCUT2D eigenvalue weighted by Crippen LogP contribution is 2.33. The monoisotopic (exact) mass is 545 g/mol. The summed E-state index contributed by atoms with van der Waals surface area (Å²) in [5, 5.41) is 0. The van der Waals surface area contributed by atoms with Crippen molar-refractivity contribution in [2.24, 2.45) is 10.9 Å². The van der Waals surface area contributed by atoms with Gasteiger partial charge in [-0.3, -0.25) is 4.99 Å². The van der Waals surface area contributed by atoms with Gasteiger partial charge in [0.05, 0.1) is 7.11 Å². The summed E-state index contributed by atoms with van der Waals surface area (Å²) in [6.45, 7) is 19.2. The highest BCUT2D eigenvalue weighted by molar-refractivity contribution is 5.96. The van der Waals surface area contributed by atoms with E-state index in [9.17, 15) is 4.79 Å². The van der Waals surface area contributed by atoms with Gasteiger partial charge in [-0.2, -0.15) is 0 Å². The Kier molecular flexibility index (Phi) is 13.4. The minimum atomic E-state index is -0.306. The van der Waals surface area contributed by atoms with Crippen molar-refractivity contribution in [2.45, 2.75) is 107 Å². The standard InChI is InChI=1S/C36H51NO3/c1-11-24(5)18-30(19-25(6)12-2)29(14-4)23-37-28(9)33(20-26(7)13-3)31-21-27(8)35(34(22-31)39-10)36(38)40-32-16-15-17-32/h14,18-24,32H,11-13,15-17H2,1-10H3/b25-19-,26-20-,29-14+,30-18?,33-28-,37-23+. The zero-order valence-electron chi connectivity index (χ0n) is 26.6. The number of ether oxygens (including phenoxy) is 2. The number of esters is 1. The summed E-state index contributed by atoms with van der Waals surface area (Å²) in [6, 6.07) is 3.99. The van der Waals surface area contributed by atoms with E-state index in [1.165, 1.54) is 16.7 Å². The lowest BCUT2D eigenvalue weighted by Gasteiger charge is -2.26. The van der Waals surface area contributed by atoms with Gasteiger partial charge in [0.15, 0.2) is 0 Å². The van der Waals surface area contributed by atoms with Crippen LogP contribution in [0.5, 0.6) is 5.75 Å². The van der Waals surface area contributed by atoms with Crippen LogP contribution in [0.4, 0.5) is 0 Å². The first-order valence-corrected chi connectivity index (χ1v) is 15.0. The fourth-order valence-corrected chi connectivity index (χ4v) is 4.35. The Balaban J connectivity index is 2.60. The Hall–Kier alpha value is -3.14. The van der Waals surface area contributed by atoms with Gasteiger partial charge < -0.3 is 9.47 Å². The van der Waals surface area contributed by atoms with Crippen LogP contribution in [0.1, 0.15) is 115 Å². The third kappa shape index (κ3) is 9.21. The fourth-order valence-electron chi connectivity index (χ4n) is 4.35. The molecule has 1 saturated carbocycles. The molecule has 40 heavy (non-hydrogen) atoms. The van der Waals surface area contributed by atoms with Gasteiger partial charge in [0, 0.05) is 17.5 Å². The fraction of sp³-hybridized carbons (Fsp3) is 0.500. The third-order valence-electron chi connectivity index (χ3n) is 7.81. The number of aryl methyl sites for hydroxylation is 1. The Morgan fingerprint density at radius 2 is 1.70 bits per heavy atom. The van der Waals surface area contributed by atoms with E-state index in [1.807, 2.05) is 32.2 Å². The number of aliphatic imine (C=N–C) groups is 1. The molecule has 1 unspecified atom stereocenters. The number of carbonyl (C=O) groups is 1. The highest BCUT2D eigenvalue weighted by atomic mass is 16.5. The lowest BCUT2D eigenvalue weighted by Crippen LogP contribution is -2.25. The second-order valence-corrected chi connectivity index (χ2v) is 11.0. The maximum atomic E-state index is 13.0. The van der Waals surface area contributed by atoms with Crippen LogP contribution in [0.15, 0.2) is 69.4 Å².